The maximum atomic E-state index is 15.2. The standard InChI is InChI=1S/C47H55F3N8O8S2/c1-25-21-52-68-40(25)27-7-5-26(6-8-27)33(54-42(62)35-19-29(59)23-58(35)43(63)41(46(2,3)4)56-44(64)47(50)11-12-47)20-36(60)51-22-37(61)53-28-17-30(18-28)66-39-31(9-10-32(48)38(39)49)34-24-67-45(55-34)57-13-15-65-16-14-57/h5-10,21,24,28-30,33,35,41,59H,11-20,22-23H2,1-4H3,(H,51,60)(H,53,61)(H,54,62)(H,56,64)/t28?,29-,30?,33+,35+,41-/m1/s1. The lowest BCUT2D eigenvalue weighted by molar-refractivity contribution is -0.145. The number of rotatable bonds is 16. The third kappa shape index (κ3) is 11.1. The van der Waals surface area contributed by atoms with Crippen molar-refractivity contribution in [2.75, 3.05) is 44.3 Å². The molecular weight excluding hydrogens is 926 g/mol. The monoisotopic (exact) mass is 980 g/mol. The van der Waals surface area contributed by atoms with Crippen LogP contribution in [0.15, 0.2) is 48.0 Å². The summed E-state index contributed by atoms with van der Waals surface area (Å²) in [4.78, 5) is 76.5. The number of morpholine rings is 1. The number of aryl methyl sites for hydroxylation is 1. The Morgan fingerprint density at radius 2 is 1.72 bits per heavy atom. The van der Waals surface area contributed by atoms with E-state index in [9.17, 15) is 37.9 Å². The molecule has 4 heterocycles. The molecule has 5 N–H and O–H groups in total. The number of alkyl halides is 1. The van der Waals surface area contributed by atoms with Crippen molar-refractivity contribution in [2.45, 2.75) is 108 Å². The van der Waals surface area contributed by atoms with Gasteiger partial charge in [-0.15, -0.1) is 11.3 Å². The van der Waals surface area contributed by atoms with Crippen LogP contribution in [-0.2, 0) is 28.7 Å². The highest BCUT2D eigenvalue weighted by atomic mass is 32.1. The molecule has 2 saturated heterocycles. The second-order valence-electron chi connectivity index (χ2n) is 19.0. The summed E-state index contributed by atoms with van der Waals surface area (Å²) in [5.41, 5.74) is 0.222. The van der Waals surface area contributed by atoms with E-state index in [1.807, 2.05) is 19.1 Å². The molecule has 0 bridgehead atoms. The molecule has 2 saturated carbocycles. The number of hydrogen-bond donors (Lipinski definition) is 5. The molecule has 364 valence electrons. The van der Waals surface area contributed by atoms with Crippen molar-refractivity contribution in [1.82, 2.24) is 35.5 Å². The zero-order chi connectivity index (χ0) is 48.5. The number of likely N-dealkylation sites (tertiary alicyclic amines) is 1. The number of carbonyl (C=O) groups is 5. The number of thiazole rings is 1. The number of aliphatic hydroxyl groups excluding tert-OH is 1. The topological polar surface area (TPSA) is 204 Å². The Morgan fingerprint density at radius 3 is 2.38 bits per heavy atom. The van der Waals surface area contributed by atoms with E-state index in [1.165, 1.54) is 33.8 Å². The zero-order valence-corrected chi connectivity index (χ0v) is 39.7. The summed E-state index contributed by atoms with van der Waals surface area (Å²) in [5, 5.41) is 24.1. The molecule has 68 heavy (non-hydrogen) atoms. The molecule has 16 nitrogen and oxygen atoms in total. The Hall–Kier alpha value is -5.64. The Kier molecular flexibility index (Phi) is 14.5. The SMILES string of the molecule is Cc1cnsc1-c1ccc([C@H](CC(=O)NCC(=O)NC2CC(Oc3c(-c4csc(N5CCOCC5)n4)ccc(F)c3F)C2)NC(=O)[C@@H]2C[C@@H](O)CN2C(=O)[C@@H](NC(=O)C2(F)CC2)C(C)(C)C)cc1. The molecule has 0 unspecified atom stereocenters. The smallest absolute Gasteiger partial charge is 0.258 e. The van der Waals surface area contributed by atoms with Gasteiger partial charge < -0.3 is 45.6 Å². The fraction of sp³-hybridized carbons (Fsp3) is 0.511. The molecule has 21 heteroatoms. The van der Waals surface area contributed by atoms with E-state index in [-0.39, 0.29) is 44.0 Å². The first-order valence-corrected chi connectivity index (χ1v) is 24.3. The number of amides is 5. The lowest BCUT2D eigenvalue weighted by Crippen LogP contribution is -2.59. The van der Waals surface area contributed by atoms with Crippen LogP contribution in [0.5, 0.6) is 5.75 Å². The molecule has 4 aromatic rings. The van der Waals surface area contributed by atoms with Crippen LogP contribution in [0.1, 0.15) is 76.5 Å². The highest BCUT2D eigenvalue weighted by molar-refractivity contribution is 7.14. The number of aromatic nitrogens is 2. The molecule has 2 aromatic heterocycles. The number of hydrogen-bond acceptors (Lipinski definition) is 13. The molecule has 0 radical (unpaired) electrons. The number of β-amino-alcohol motifs (C(OH)–C–C–N with tert-alkyl or cyclic N) is 1. The van der Waals surface area contributed by atoms with Crippen LogP contribution in [0.2, 0.25) is 0 Å². The number of ether oxygens (including phenoxy) is 2. The fourth-order valence-electron chi connectivity index (χ4n) is 8.47. The van der Waals surface area contributed by atoms with E-state index in [0.29, 0.717) is 56.0 Å². The number of anilines is 1. The van der Waals surface area contributed by atoms with E-state index in [1.54, 1.807) is 44.5 Å². The largest absolute Gasteiger partial charge is 0.486 e. The van der Waals surface area contributed by atoms with Gasteiger partial charge >= 0.3 is 0 Å². The maximum Gasteiger partial charge on any atom is 0.258 e. The van der Waals surface area contributed by atoms with Crippen molar-refractivity contribution >= 4 is 57.5 Å². The number of aliphatic hydroxyl groups is 1. The number of halogens is 3. The van der Waals surface area contributed by atoms with Gasteiger partial charge in [-0.3, -0.25) is 24.0 Å². The first kappa shape index (κ1) is 48.8. The van der Waals surface area contributed by atoms with Crippen LogP contribution in [-0.4, -0.2) is 124 Å². The van der Waals surface area contributed by atoms with Crippen molar-refractivity contribution in [2.24, 2.45) is 5.41 Å². The third-order valence-electron chi connectivity index (χ3n) is 12.7. The second-order valence-corrected chi connectivity index (χ2v) is 20.6. The van der Waals surface area contributed by atoms with Crippen LogP contribution >= 0.6 is 22.9 Å². The predicted octanol–water partition coefficient (Wildman–Crippen LogP) is 4.74. The van der Waals surface area contributed by atoms with Gasteiger partial charge in [0, 0.05) is 62.1 Å². The van der Waals surface area contributed by atoms with Crippen LogP contribution in [0.25, 0.3) is 21.7 Å². The number of carbonyl (C=O) groups excluding carboxylic acids is 5. The van der Waals surface area contributed by atoms with Gasteiger partial charge in [-0.2, -0.15) is 4.39 Å². The number of nitrogens with zero attached hydrogens (tertiary/aromatic N) is 4. The Bertz CT molecular complexity index is 2520. The van der Waals surface area contributed by atoms with Crippen molar-refractivity contribution < 1.29 is 51.7 Å². The van der Waals surface area contributed by atoms with Crippen molar-refractivity contribution in [3.8, 4) is 27.4 Å². The predicted molar refractivity (Wildman–Crippen MR) is 247 cm³/mol. The molecule has 2 aliphatic carbocycles. The van der Waals surface area contributed by atoms with Crippen LogP contribution in [0.3, 0.4) is 0 Å². The first-order valence-electron chi connectivity index (χ1n) is 22.7. The van der Waals surface area contributed by atoms with Gasteiger partial charge in [0.05, 0.1) is 48.9 Å². The molecule has 5 amide bonds. The number of benzene rings is 2. The van der Waals surface area contributed by atoms with Gasteiger partial charge in [0.15, 0.2) is 22.4 Å². The summed E-state index contributed by atoms with van der Waals surface area (Å²) < 4.78 is 60.1. The molecule has 4 fully saturated rings. The van der Waals surface area contributed by atoms with Gasteiger partial charge in [-0.25, -0.2) is 18.1 Å². The molecular formula is C47H55F3N8O8S2. The van der Waals surface area contributed by atoms with E-state index < -0.39 is 89.1 Å². The van der Waals surface area contributed by atoms with E-state index in [2.05, 4.69) is 35.5 Å². The van der Waals surface area contributed by atoms with Gasteiger partial charge in [0.2, 0.25) is 29.4 Å². The quantitative estimate of drug-likeness (QED) is 0.104. The minimum atomic E-state index is -2.04. The average molecular weight is 981 g/mol. The lowest BCUT2D eigenvalue weighted by atomic mass is 9.85. The fourth-order valence-corrected chi connectivity index (χ4v) is 10.1. The molecule has 4 aliphatic rings. The van der Waals surface area contributed by atoms with Gasteiger partial charge in [0.25, 0.3) is 5.91 Å². The Labute approximate surface area is 399 Å². The minimum absolute atomic E-state index is 0.0497. The number of nitrogens with one attached hydrogen (secondary N) is 4. The molecule has 4 atom stereocenters. The summed E-state index contributed by atoms with van der Waals surface area (Å²) in [6, 6.07) is 5.95. The van der Waals surface area contributed by atoms with Crippen LogP contribution < -0.4 is 30.9 Å². The second kappa shape index (κ2) is 20.1. The highest BCUT2D eigenvalue weighted by Crippen LogP contribution is 2.41. The summed E-state index contributed by atoms with van der Waals surface area (Å²) in [6.07, 6.45) is 0.413. The first-order chi connectivity index (χ1) is 32.4. The Morgan fingerprint density at radius 1 is 1.00 bits per heavy atom. The van der Waals surface area contributed by atoms with Crippen LogP contribution in [0, 0.1) is 24.0 Å². The van der Waals surface area contributed by atoms with Gasteiger partial charge in [-0.05, 0) is 65.5 Å². The van der Waals surface area contributed by atoms with Crippen LogP contribution in [0.4, 0.5) is 18.3 Å². The van der Waals surface area contributed by atoms with E-state index >= 15 is 4.39 Å². The summed E-state index contributed by atoms with van der Waals surface area (Å²) in [7, 11) is 0. The normalized spacial score (nSPS) is 21.8. The molecule has 2 aromatic carbocycles. The summed E-state index contributed by atoms with van der Waals surface area (Å²) in [5.74, 6) is -5.75. The van der Waals surface area contributed by atoms with Crippen molar-refractivity contribution in [3.63, 3.8) is 0 Å². The van der Waals surface area contributed by atoms with E-state index in [0.717, 1.165) is 27.2 Å². The summed E-state index contributed by atoms with van der Waals surface area (Å²) >= 11 is 2.71. The molecule has 0 spiro atoms. The zero-order valence-electron chi connectivity index (χ0n) is 38.1. The average Bonchev–Trinajstić information content (AvgIpc) is 3.60. The molecule has 8 rings (SSSR count). The third-order valence-corrected chi connectivity index (χ3v) is 14.5. The lowest BCUT2D eigenvalue weighted by Gasteiger charge is -2.36. The van der Waals surface area contributed by atoms with Gasteiger partial charge in [-0.1, -0.05) is 45.0 Å². The minimum Gasteiger partial charge on any atom is -0.486 e. The molecule has 2 aliphatic heterocycles. The maximum absolute atomic E-state index is 15.2. The van der Waals surface area contributed by atoms with Crippen molar-refractivity contribution in [1.29, 1.82) is 0 Å². The Balaban J connectivity index is 0.887. The van der Waals surface area contributed by atoms with Crippen molar-refractivity contribution in [3.05, 3.63) is 70.7 Å². The summed E-state index contributed by atoms with van der Waals surface area (Å²) in [6.45, 7) is 8.91. The van der Waals surface area contributed by atoms with E-state index in [4.69, 9.17) is 9.47 Å². The highest BCUT2D eigenvalue weighted by Gasteiger charge is 2.53. The van der Waals surface area contributed by atoms with Gasteiger partial charge in [0.1, 0.15) is 18.2 Å².